The molecule has 1 heterocycles. The molecule has 0 radical (unpaired) electrons. The summed E-state index contributed by atoms with van der Waals surface area (Å²) in [6.07, 6.45) is -0.481. The molecule has 0 fully saturated rings. The Kier molecular flexibility index (Phi) is 3.82. The highest BCUT2D eigenvalue weighted by atomic mass is 16.7. The molecule has 0 unspecified atom stereocenters. The van der Waals surface area contributed by atoms with Crippen molar-refractivity contribution in [2.75, 3.05) is 20.8 Å². The fraction of sp³-hybridized carbons (Fsp3) is 0.308. The minimum absolute atomic E-state index is 0.155. The van der Waals surface area contributed by atoms with Gasteiger partial charge in [-0.3, -0.25) is 0 Å². The molecule has 0 atom stereocenters. The lowest BCUT2D eigenvalue weighted by atomic mass is 10.2. The molecule has 0 saturated carbocycles. The maximum absolute atomic E-state index is 9.01. The van der Waals surface area contributed by atoms with Gasteiger partial charge in [0.05, 0.1) is 5.39 Å². The Morgan fingerprint density at radius 1 is 1.28 bits per heavy atom. The predicted octanol–water partition coefficient (Wildman–Crippen LogP) is 2.30. The second-order valence-electron chi connectivity index (χ2n) is 3.58. The summed E-state index contributed by atoms with van der Waals surface area (Å²) in [4.78, 5) is 0. The third kappa shape index (κ3) is 2.30. The van der Waals surface area contributed by atoms with Crippen LogP contribution in [-0.2, 0) is 9.47 Å². The van der Waals surface area contributed by atoms with Gasteiger partial charge in [0.25, 0.3) is 0 Å². The number of rotatable bonds is 5. The molecule has 0 spiro atoms. The average molecular weight is 247 g/mol. The molecule has 0 aliphatic carbocycles. The molecule has 5 heteroatoms. The smallest absolute Gasteiger partial charge is 0.246 e. The number of furan rings is 1. The highest BCUT2D eigenvalue weighted by Crippen LogP contribution is 2.32. The normalized spacial score (nSPS) is 10.8. The number of methoxy groups -OCH3 is 2. The lowest BCUT2D eigenvalue weighted by Crippen LogP contribution is -2.22. The van der Waals surface area contributed by atoms with Gasteiger partial charge in [-0.05, 0) is 12.1 Å². The Morgan fingerprint density at radius 3 is 2.67 bits per heavy atom. The van der Waals surface area contributed by atoms with Gasteiger partial charge in [0.1, 0.15) is 18.3 Å². The van der Waals surface area contributed by atoms with E-state index in [1.165, 1.54) is 14.2 Å². The Balaban J connectivity index is 2.29. The maximum Gasteiger partial charge on any atom is 0.246 e. The molecule has 1 aromatic heterocycles. The van der Waals surface area contributed by atoms with Crippen molar-refractivity contribution in [3.05, 3.63) is 30.0 Å². The zero-order valence-electron chi connectivity index (χ0n) is 10.2. The van der Waals surface area contributed by atoms with Gasteiger partial charge in [0.15, 0.2) is 12.0 Å². The number of ether oxygens (including phenoxy) is 3. The second kappa shape index (κ2) is 5.54. The van der Waals surface area contributed by atoms with Gasteiger partial charge in [-0.1, -0.05) is 12.1 Å². The van der Waals surface area contributed by atoms with E-state index >= 15 is 0 Å². The van der Waals surface area contributed by atoms with Crippen LogP contribution in [0.3, 0.4) is 0 Å². The number of benzene rings is 1. The van der Waals surface area contributed by atoms with Crippen LogP contribution in [0.5, 0.6) is 5.75 Å². The summed E-state index contributed by atoms with van der Waals surface area (Å²) >= 11 is 0. The molecule has 5 nitrogen and oxygen atoms in total. The van der Waals surface area contributed by atoms with Crippen molar-refractivity contribution in [1.82, 2.24) is 0 Å². The summed E-state index contributed by atoms with van der Waals surface area (Å²) in [5, 5.41) is 9.78. The number of hydrogen-bond donors (Lipinski definition) is 0. The van der Waals surface area contributed by atoms with E-state index in [4.69, 9.17) is 23.9 Å². The van der Waals surface area contributed by atoms with Crippen LogP contribution in [0.2, 0.25) is 0 Å². The summed E-state index contributed by atoms with van der Waals surface area (Å²) in [5.74, 6) is 0.578. The molecule has 18 heavy (non-hydrogen) atoms. The number of nitriles is 1. The van der Waals surface area contributed by atoms with Crippen molar-refractivity contribution in [3.63, 3.8) is 0 Å². The van der Waals surface area contributed by atoms with E-state index in [0.717, 1.165) is 5.39 Å². The number of nitrogens with zero attached hydrogens (tertiary/aromatic N) is 1. The van der Waals surface area contributed by atoms with Gasteiger partial charge in [-0.15, -0.1) is 0 Å². The van der Waals surface area contributed by atoms with Crippen LogP contribution in [0.25, 0.3) is 11.0 Å². The first kappa shape index (κ1) is 12.4. The summed E-state index contributed by atoms with van der Waals surface area (Å²) in [6.45, 7) is 0.186. The molecule has 94 valence electrons. The molecule has 0 aliphatic heterocycles. The zero-order chi connectivity index (χ0) is 13.0. The minimum Gasteiger partial charge on any atom is -0.483 e. The van der Waals surface area contributed by atoms with Crippen molar-refractivity contribution >= 4 is 11.0 Å². The number of fused-ring (bicyclic) bond motifs is 1. The summed E-state index contributed by atoms with van der Waals surface area (Å²) in [5.41, 5.74) is 0.621. The third-order valence-corrected chi connectivity index (χ3v) is 2.54. The molecule has 0 amide bonds. The van der Waals surface area contributed by atoms with Gasteiger partial charge in [0.2, 0.25) is 5.76 Å². The maximum atomic E-state index is 9.01. The first-order valence-electron chi connectivity index (χ1n) is 5.40. The van der Waals surface area contributed by atoms with Crippen molar-refractivity contribution in [3.8, 4) is 11.8 Å². The van der Waals surface area contributed by atoms with Crippen LogP contribution in [0.4, 0.5) is 0 Å². The van der Waals surface area contributed by atoms with E-state index in [2.05, 4.69) is 0 Å². The predicted molar refractivity (Wildman–Crippen MR) is 64.2 cm³/mol. The molecule has 0 saturated heterocycles. The largest absolute Gasteiger partial charge is 0.483 e. The summed E-state index contributed by atoms with van der Waals surface area (Å²) < 4.78 is 21.0. The molecule has 0 N–H and O–H groups in total. The van der Waals surface area contributed by atoms with Crippen LogP contribution in [0.15, 0.2) is 28.7 Å². The first-order valence-corrected chi connectivity index (χ1v) is 5.40. The topological polar surface area (TPSA) is 64.6 Å². The van der Waals surface area contributed by atoms with Crippen molar-refractivity contribution in [1.29, 1.82) is 5.26 Å². The second-order valence-corrected chi connectivity index (χ2v) is 3.58. The Labute approximate surface area is 104 Å². The SMILES string of the molecule is COC(COc1c(C#N)oc2ccccc12)OC. The van der Waals surface area contributed by atoms with Gasteiger partial charge < -0.3 is 18.6 Å². The molecule has 1 aromatic carbocycles. The Bertz CT molecular complexity index is 566. The minimum atomic E-state index is -0.481. The first-order chi connectivity index (χ1) is 8.80. The highest BCUT2D eigenvalue weighted by Gasteiger charge is 2.16. The lowest BCUT2D eigenvalue weighted by Gasteiger charge is -2.13. The fourth-order valence-electron chi connectivity index (χ4n) is 1.62. The highest BCUT2D eigenvalue weighted by molar-refractivity contribution is 5.86. The third-order valence-electron chi connectivity index (χ3n) is 2.54. The van der Waals surface area contributed by atoms with Crippen LogP contribution in [-0.4, -0.2) is 27.1 Å². The monoisotopic (exact) mass is 247 g/mol. The molecule has 0 bridgehead atoms. The number of hydrogen-bond acceptors (Lipinski definition) is 5. The van der Waals surface area contributed by atoms with Crippen LogP contribution < -0.4 is 4.74 Å². The van der Waals surface area contributed by atoms with Crippen molar-refractivity contribution in [2.45, 2.75) is 6.29 Å². The lowest BCUT2D eigenvalue weighted by molar-refractivity contribution is -0.121. The van der Waals surface area contributed by atoms with E-state index in [-0.39, 0.29) is 12.4 Å². The van der Waals surface area contributed by atoms with Crippen molar-refractivity contribution in [2.24, 2.45) is 0 Å². The van der Waals surface area contributed by atoms with Crippen LogP contribution in [0, 0.1) is 11.3 Å². The van der Waals surface area contributed by atoms with Crippen LogP contribution in [0.1, 0.15) is 5.76 Å². The molecule has 2 rings (SSSR count). The Morgan fingerprint density at radius 2 is 2.00 bits per heavy atom. The molecular weight excluding hydrogens is 234 g/mol. The van der Waals surface area contributed by atoms with E-state index in [1.807, 2.05) is 24.3 Å². The van der Waals surface area contributed by atoms with Crippen molar-refractivity contribution < 1.29 is 18.6 Å². The zero-order valence-corrected chi connectivity index (χ0v) is 10.2. The summed E-state index contributed by atoms with van der Waals surface area (Å²) in [7, 11) is 3.05. The quantitative estimate of drug-likeness (QED) is 0.758. The number of para-hydroxylation sites is 1. The molecule has 2 aromatic rings. The van der Waals surface area contributed by atoms with Gasteiger partial charge in [-0.2, -0.15) is 5.26 Å². The Hall–Kier alpha value is -2.03. The van der Waals surface area contributed by atoms with Gasteiger partial charge >= 0.3 is 0 Å². The van der Waals surface area contributed by atoms with Crippen LogP contribution >= 0.6 is 0 Å². The van der Waals surface area contributed by atoms with E-state index < -0.39 is 6.29 Å². The van der Waals surface area contributed by atoms with Gasteiger partial charge in [-0.25, -0.2) is 0 Å². The standard InChI is InChI=1S/C13H13NO4/c1-15-12(16-2)8-17-13-9-5-3-4-6-10(9)18-11(13)7-14/h3-6,12H,8H2,1-2H3. The van der Waals surface area contributed by atoms with Gasteiger partial charge in [0, 0.05) is 14.2 Å². The van der Waals surface area contributed by atoms with E-state index in [9.17, 15) is 0 Å². The van der Waals surface area contributed by atoms with E-state index in [1.54, 1.807) is 6.07 Å². The summed E-state index contributed by atoms with van der Waals surface area (Å²) in [6, 6.07) is 9.29. The molecule has 0 aliphatic rings. The fourth-order valence-corrected chi connectivity index (χ4v) is 1.62. The average Bonchev–Trinajstić information content (AvgIpc) is 2.78. The van der Waals surface area contributed by atoms with E-state index in [0.29, 0.717) is 11.3 Å². The molecular formula is C13H13NO4.